The zero-order valence-electron chi connectivity index (χ0n) is 9.83. The molecule has 15 heavy (non-hydrogen) atoms. The van der Waals surface area contributed by atoms with Crippen molar-refractivity contribution in [1.29, 1.82) is 0 Å². The molecular formula is C13H18O2. The van der Waals surface area contributed by atoms with Crippen LogP contribution in [0.2, 0.25) is 0 Å². The fourth-order valence-electron chi connectivity index (χ4n) is 0.837. The van der Waals surface area contributed by atoms with Crippen molar-refractivity contribution in [2.24, 2.45) is 0 Å². The number of ether oxygens (including phenoxy) is 1. The molecule has 0 bridgehead atoms. The zero-order valence-corrected chi connectivity index (χ0v) is 9.83. The Morgan fingerprint density at radius 3 is 1.73 bits per heavy atom. The first-order valence-electron chi connectivity index (χ1n) is 4.75. The van der Waals surface area contributed by atoms with Crippen molar-refractivity contribution in [2.45, 2.75) is 20.8 Å². The Bertz CT molecular complexity index is 319. The molecule has 0 aliphatic rings. The highest BCUT2D eigenvalue weighted by Crippen LogP contribution is 2.02. The molecule has 0 atom stereocenters. The fourth-order valence-corrected chi connectivity index (χ4v) is 0.837. The van der Waals surface area contributed by atoms with Gasteiger partial charge in [-0.25, -0.2) is 4.79 Å². The predicted molar refractivity (Wildman–Crippen MR) is 62.7 cm³/mol. The first kappa shape index (κ1) is 13.4. The summed E-state index contributed by atoms with van der Waals surface area (Å²) in [5.41, 5.74) is 3.17. The summed E-state index contributed by atoms with van der Waals surface area (Å²) in [6, 6.07) is 8.36. The van der Waals surface area contributed by atoms with Gasteiger partial charge in [0.1, 0.15) is 0 Å². The van der Waals surface area contributed by atoms with Crippen LogP contribution in [0.15, 0.2) is 36.4 Å². The highest BCUT2D eigenvalue weighted by Gasteiger charge is 1.95. The summed E-state index contributed by atoms with van der Waals surface area (Å²) in [7, 11) is 1.33. The van der Waals surface area contributed by atoms with E-state index in [1.54, 1.807) is 6.92 Å². The number of esters is 1. The van der Waals surface area contributed by atoms with Crippen LogP contribution in [0, 0.1) is 13.8 Å². The van der Waals surface area contributed by atoms with E-state index in [4.69, 9.17) is 0 Å². The molecule has 1 aromatic carbocycles. The lowest BCUT2D eigenvalue weighted by molar-refractivity contribution is -0.136. The van der Waals surface area contributed by atoms with Gasteiger partial charge in [-0.05, 0) is 31.9 Å². The van der Waals surface area contributed by atoms with Crippen molar-refractivity contribution < 1.29 is 9.53 Å². The third-order valence-electron chi connectivity index (χ3n) is 1.96. The van der Waals surface area contributed by atoms with Gasteiger partial charge in [0.25, 0.3) is 0 Å². The summed E-state index contributed by atoms with van der Waals surface area (Å²) in [6.07, 6.45) is 0. The van der Waals surface area contributed by atoms with Gasteiger partial charge >= 0.3 is 5.97 Å². The van der Waals surface area contributed by atoms with E-state index in [0.717, 1.165) is 0 Å². The third-order valence-corrected chi connectivity index (χ3v) is 1.96. The molecule has 2 heteroatoms. The monoisotopic (exact) mass is 206 g/mol. The number of hydrogen-bond donors (Lipinski definition) is 0. The molecule has 0 fully saturated rings. The van der Waals surface area contributed by atoms with E-state index in [9.17, 15) is 4.79 Å². The number of benzene rings is 1. The smallest absolute Gasteiger partial charge is 0.332 e. The van der Waals surface area contributed by atoms with Gasteiger partial charge in [0, 0.05) is 5.57 Å². The molecule has 0 unspecified atom stereocenters. The topological polar surface area (TPSA) is 26.3 Å². The van der Waals surface area contributed by atoms with Crippen LogP contribution in [0.3, 0.4) is 0 Å². The summed E-state index contributed by atoms with van der Waals surface area (Å²) in [4.78, 5) is 10.2. The van der Waals surface area contributed by atoms with Crippen LogP contribution in [0.1, 0.15) is 18.1 Å². The van der Waals surface area contributed by atoms with E-state index in [1.165, 1.54) is 18.2 Å². The number of hydrogen-bond acceptors (Lipinski definition) is 2. The van der Waals surface area contributed by atoms with Crippen molar-refractivity contribution in [1.82, 2.24) is 0 Å². The van der Waals surface area contributed by atoms with Gasteiger partial charge in [0.15, 0.2) is 0 Å². The van der Waals surface area contributed by atoms with E-state index >= 15 is 0 Å². The highest BCUT2D eigenvalue weighted by atomic mass is 16.5. The second-order valence-corrected chi connectivity index (χ2v) is 3.36. The first-order valence-corrected chi connectivity index (χ1v) is 4.75. The molecule has 0 radical (unpaired) electrons. The first-order chi connectivity index (χ1) is 6.99. The van der Waals surface area contributed by atoms with Crippen LogP contribution in [0.5, 0.6) is 0 Å². The lowest BCUT2D eigenvalue weighted by Crippen LogP contribution is -1.98. The summed E-state index contributed by atoms with van der Waals surface area (Å²) in [6.45, 7) is 9.20. The molecular weight excluding hydrogens is 188 g/mol. The van der Waals surface area contributed by atoms with Gasteiger partial charge < -0.3 is 4.74 Å². The molecule has 0 saturated heterocycles. The van der Waals surface area contributed by atoms with Gasteiger partial charge in [-0.1, -0.05) is 30.8 Å². The van der Waals surface area contributed by atoms with Crippen molar-refractivity contribution in [3.8, 4) is 0 Å². The van der Waals surface area contributed by atoms with Crippen LogP contribution in [0.4, 0.5) is 0 Å². The zero-order chi connectivity index (χ0) is 11.8. The molecule has 2 nitrogen and oxygen atoms in total. The van der Waals surface area contributed by atoms with E-state index in [0.29, 0.717) is 5.57 Å². The molecule has 0 N–H and O–H groups in total. The van der Waals surface area contributed by atoms with Gasteiger partial charge in [-0.2, -0.15) is 0 Å². The number of carbonyl (C=O) groups is 1. The lowest BCUT2D eigenvalue weighted by Gasteiger charge is -1.93. The minimum atomic E-state index is -0.347. The second kappa shape index (κ2) is 6.82. The van der Waals surface area contributed by atoms with Crippen LogP contribution in [-0.4, -0.2) is 13.1 Å². The predicted octanol–water partition coefficient (Wildman–Crippen LogP) is 3.04. The second-order valence-electron chi connectivity index (χ2n) is 3.36. The molecule has 0 amide bonds. The maximum absolute atomic E-state index is 10.2. The molecule has 0 aliphatic carbocycles. The Morgan fingerprint density at radius 1 is 1.20 bits per heavy atom. The van der Waals surface area contributed by atoms with Crippen LogP contribution in [-0.2, 0) is 9.53 Å². The number of carbonyl (C=O) groups excluding carboxylic acids is 1. The average molecular weight is 206 g/mol. The summed E-state index contributed by atoms with van der Waals surface area (Å²) < 4.78 is 4.27. The van der Waals surface area contributed by atoms with Crippen molar-refractivity contribution in [2.75, 3.05) is 7.11 Å². The average Bonchev–Trinajstić information content (AvgIpc) is 2.22. The number of aryl methyl sites for hydroxylation is 2. The van der Waals surface area contributed by atoms with Crippen molar-refractivity contribution in [3.05, 3.63) is 47.5 Å². The normalized spacial score (nSPS) is 8.53. The van der Waals surface area contributed by atoms with Gasteiger partial charge in [0.05, 0.1) is 7.11 Å². The van der Waals surface area contributed by atoms with Gasteiger partial charge in [0.2, 0.25) is 0 Å². The minimum Gasteiger partial charge on any atom is -0.466 e. The Hall–Kier alpha value is -1.57. The molecule has 1 rings (SSSR count). The molecule has 0 spiro atoms. The van der Waals surface area contributed by atoms with Crippen LogP contribution >= 0.6 is 0 Å². The van der Waals surface area contributed by atoms with E-state index < -0.39 is 0 Å². The standard InChI is InChI=1S/C8H10.C5H8O2/c1-7-5-3-4-6-8(7)2;1-4(2)5(6)7-3/h3-6H,1-2H3;1H2,2-3H3. The number of methoxy groups -OCH3 is 1. The molecule has 82 valence electrons. The maximum atomic E-state index is 10.2. The third kappa shape index (κ3) is 5.68. The number of rotatable bonds is 1. The molecule has 0 aliphatic heterocycles. The Labute approximate surface area is 91.6 Å². The Balaban J connectivity index is 0.000000265. The van der Waals surface area contributed by atoms with Gasteiger partial charge in [-0.15, -0.1) is 0 Å². The highest BCUT2D eigenvalue weighted by molar-refractivity contribution is 5.86. The Morgan fingerprint density at radius 2 is 1.60 bits per heavy atom. The van der Waals surface area contributed by atoms with Crippen LogP contribution in [0.25, 0.3) is 0 Å². The molecule has 0 saturated carbocycles. The van der Waals surface area contributed by atoms with E-state index in [2.05, 4.69) is 49.4 Å². The quantitative estimate of drug-likeness (QED) is 0.521. The molecule has 0 aromatic heterocycles. The molecule has 0 heterocycles. The summed E-state index contributed by atoms with van der Waals surface area (Å²) in [5.74, 6) is -0.347. The molecule has 1 aromatic rings. The van der Waals surface area contributed by atoms with Crippen LogP contribution < -0.4 is 0 Å². The van der Waals surface area contributed by atoms with Crippen molar-refractivity contribution >= 4 is 5.97 Å². The summed E-state index contributed by atoms with van der Waals surface area (Å²) in [5, 5.41) is 0. The van der Waals surface area contributed by atoms with Crippen molar-refractivity contribution in [3.63, 3.8) is 0 Å². The Kier molecular flexibility index (Phi) is 6.11. The fraction of sp³-hybridized carbons (Fsp3) is 0.308. The van der Waals surface area contributed by atoms with Gasteiger partial charge in [-0.3, -0.25) is 0 Å². The minimum absolute atomic E-state index is 0.347. The van der Waals surface area contributed by atoms with E-state index in [-0.39, 0.29) is 5.97 Å². The maximum Gasteiger partial charge on any atom is 0.332 e. The lowest BCUT2D eigenvalue weighted by atomic mass is 10.1. The summed E-state index contributed by atoms with van der Waals surface area (Å²) >= 11 is 0. The largest absolute Gasteiger partial charge is 0.466 e. The SMILES string of the molecule is C=C(C)C(=O)OC.Cc1ccccc1C. The van der Waals surface area contributed by atoms with E-state index in [1.807, 2.05) is 0 Å².